The quantitative estimate of drug-likeness (QED) is 0.296. The predicted octanol–water partition coefficient (Wildman–Crippen LogP) is 4.95. The van der Waals surface area contributed by atoms with Crippen LogP contribution in [-0.4, -0.2) is 26.7 Å². The zero-order valence-corrected chi connectivity index (χ0v) is 17.5. The third-order valence-corrected chi connectivity index (χ3v) is 5.25. The first kappa shape index (κ1) is 19.5. The monoisotopic (exact) mass is 507 g/mol. The van der Waals surface area contributed by atoms with Crippen molar-refractivity contribution in [3.63, 3.8) is 0 Å². The molecule has 0 amide bonds. The third kappa shape index (κ3) is 3.74. The summed E-state index contributed by atoms with van der Waals surface area (Å²) in [5.41, 5.74) is 2.83. The maximum atomic E-state index is 14.2. The number of ether oxygens (including phenoxy) is 1. The molecule has 4 aromatic rings. The van der Waals surface area contributed by atoms with E-state index in [1.54, 1.807) is 63.9 Å². The number of alkyl halides is 2. The van der Waals surface area contributed by atoms with E-state index in [1.807, 2.05) is 12.1 Å². The van der Waals surface area contributed by atoms with Gasteiger partial charge >= 0.3 is 0 Å². The van der Waals surface area contributed by atoms with Crippen LogP contribution in [0.5, 0.6) is 5.75 Å². The Balaban J connectivity index is 1.72. The molecule has 3 heterocycles. The van der Waals surface area contributed by atoms with Crippen LogP contribution in [-0.2, 0) is 6.54 Å². The van der Waals surface area contributed by atoms with E-state index in [4.69, 9.17) is 4.74 Å². The van der Waals surface area contributed by atoms with Gasteiger partial charge in [0.2, 0.25) is 0 Å². The predicted molar refractivity (Wildman–Crippen MR) is 114 cm³/mol. The smallest absolute Gasteiger partial charge is 0.176 e. The highest BCUT2D eigenvalue weighted by Gasteiger charge is 2.17. The number of aromatic nitrogens is 4. The van der Waals surface area contributed by atoms with Crippen molar-refractivity contribution in [2.24, 2.45) is 0 Å². The molecular weight excluding hydrogens is 491 g/mol. The molecule has 29 heavy (non-hydrogen) atoms. The number of benzene rings is 1. The number of anilines is 1. The van der Waals surface area contributed by atoms with Crippen LogP contribution in [0.3, 0.4) is 0 Å². The average Bonchev–Trinajstić information content (AvgIpc) is 3.22. The maximum absolute atomic E-state index is 14.2. The van der Waals surface area contributed by atoms with Gasteiger partial charge in [-0.1, -0.05) is 6.07 Å². The molecule has 1 aromatic carbocycles. The molecule has 1 atom stereocenters. The van der Waals surface area contributed by atoms with Crippen LogP contribution < -0.4 is 10.1 Å². The first-order valence-electron chi connectivity index (χ1n) is 8.70. The zero-order chi connectivity index (χ0) is 20.4. The molecule has 1 N–H and O–H groups in total. The Morgan fingerprint density at radius 1 is 1.21 bits per heavy atom. The molecule has 0 aliphatic rings. The van der Waals surface area contributed by atoms with E-state index in [2.05, 4.69) is 20.5 Å². The molecule has 3 aromatic heterocycles. The first-order chi connectivity index (χ1) is 14.1. The molecular formula is C20H16F2IN5O. The highest BCUT2D eigenvalue weighted by Crippen LogP contribution is 2.35. The number of rotatable bonds is 6. The SMILES string of the molecule is COc1cccc(F)c1CNc1ccc(-c2cnccc2C(F)I)c2nncn12. The van der Waals surface area contributed by atoms with E-state index in [-0.39, 0.29) is 12.4 Å². The van der Waals surface area contributed by atoms with E-state index in [0.29, 0.717) is 39.5 Å². The van der Waals surface area contributed by atoms with E-state index in [1.165, 1.54) is 13.2 Å². The minimum atomic E-state index is -1.18. The summed E-state index contributed by atoms with van der Waals surface area (Å²) < 4.78 is 34.1. The summed E-state index contributed by atoms with van der Waals surface area (Å²) in [4.78, 5) is 4.12. The van der Waals surface area contributed by atoms with E-state index in [0.717, 1.165) is 0 Å². The van der Waals surface area contributed by atoms with Crippen molar-refractivity contribution in [2.45, 2.75) is 10.7 Å². The van der Waals surface area contributed by atoms with Crippen molar-refractivity contribution in [3.8, 4) is 16.9 Å². The first-order valence-corrected chi connectivity index (χ1v) is 9.95. The van der Waals surface area contributed by atoms with Gasteiger partial charge in [0.25, 0.3) is 0 Å². The summed E-state index contributed by atoms with van der Waals surface area (Å²) in [6.07, 6.45) is 4.72. The molecule has 1 unspecified atom stereocenters. The maximum Gasteiger partial charge on any atom is 0.176 e. The molecule has 0 spiro atoms. The Bertz CT molecular complexity index is 1160. The van der Waals surface area contributed by atoms with Gasteiger partial charge in [0.05, 0.1) is 7.11 Å². The second-order valence-corrected chi connectivity index (χ2v) is 7.29. The Morgan fingerprint density at radius 3 is 2.86 bits per heavy atom. The van der Waals surface area contributed by atoms with Crippen molar-refractivity contribution < 1.29 is 13.5 Å². The van der Waals surface area contributed by atoms with Crippen LogP contribution >= 0.6 is 22.6 Å². The molecule has 0 aliphatic carbocycles. The normalized spacial score (nSPS) is 12.1. The number of nitrogens with zero attached hydrogens (tertiary/aromatic N) is 4. The van der Waals surface area contributed by atoms with Gasteiger partial charge < -0.3 is 10.1 Å². The minimum Gasteiger partial charge on any atom is -0.496 e. The van der Waals surface area contributed by atoms with Gasteiger partial charge in [0.15, 0.2) is 9.83 Å². The standard InChI is InChI=1S/C20H16F2IN5O/c1-29-17-4-2-3-16(21)15(17)10-25-18-6-5-13(20-27-26-11-28(18)20)14-9-24-8-7-12(14)19(22)23/h2-9,11,19,25H,10H2,1H3. The summed E-state index contributed by atoms with van der Waals surface area (Å²) in [7, 11) is 1.50. The third-order valence-electron chi connectivity index (χ3n) is 4.58. The summed E-state index contributed by atoms with van der Waals surface area (Å²) >= 11 is 1.72. The van der Waals surface area contributed by atoms with Crippen LogP contribution in [0.25, 0.3) is 16.8 Å². The highest BCUT2D eigenvalue weighted by atomic mass is 127. The lowest BCUT2D eigenvalue weighted by Gasteiger charge is -2.14. The lowest BCUT2D eigenvalue weighted by molar-refractivity contribution is 0.405. The fraction of sp³-hybridized carbons (Fsp3) is 0.150. The molecule has 0 saturated heterocycles. The van der Waals surface area contributed by atoms with Crippen LogP contribution in [0.15, 0.2) is 55.1 Å². The van der Waals surface area contributed by atoms with Crippen LogP contribution in [0.2, 0.25) is 0 Å². The molecule has 0 aliphatic heterocycles. The van der Waals surface area contributed by atoms with Crippen LogP contribution in [0.4, 0.5) is 14.6 Å². The topological polar surface area (TPSA) is 64.3 Å². The highest BCUT2D eigenvalue weighted by molar-refractivity contribution is 14.1. The fourth-order valence-corrected chi connectivity index (χ4v) is 3.71. The summed E-state index contributed by atoms with van der Waals surface area (Å²) in [5, 5.41) is 11.4. The van der Waals surface area contributed by atoms with Gasteiger partial charge in [-0.05, 0) is 52.9 Å². The van der Waals surface area contributed by atoms with Gasteiger partial charge in [-0.2, -0.15) is 0 Å². The Kier molecular flexibility index (Phi) is 5.56. The van der Waals surface area contributed by atoms with Crippen molar-refractivity contribution in [3.05, 3.63) is 72.1 Å². The number of pyridine rings is 2. The number of halogens is 3. The number of hydrogen-bond acceptors (Lipinski definition) is 5. The average molecular weight is 507 g/mol. The van der Waals surface area contributed by atoms with Gasteiger partial charge in [-0.25, -0.2) is 8.78 Å². The van der Waals surface area contributed by atoms with E-state index in [9.17, 15) is 8.78 Å². The Hall–Kier alpha value is -2.82. The van der Waals surface area contributed by atoms with Crippen molar-refractivity contribution in [1.29, 1.82) is 0 Å². The van der Waals surface area contributed by atoms with Crippen LogP contribution in [0.1, 0.15) is 15.3 Å². The molecule has 6 nitrogen and oxygen atoms in total. The van der Waals surface area contributed by atoms with Gasteiger partial charge in [-0.3, -0.25) is 9.38 Å². The Morgan fingerprint density at radius 2 is 2.07 bits per heavy atom. The lowest BCUT2D eigenvalue weighted by Crippen LogP contribution is -2.07. The molecule has 148 valence electrons. The second kappa shape index (κ2) is 8.27. The molecule has 4 rings (SSSR count). The summed E-state index contributed by atoms with van der Waals surface area (Å²) in [5.74, 6) is 0.769. The number of fused-ring (bicyclic) bond motifs is 1. The van der Waals surface area contributed by atoms with E-state index >= 15 is 0 Å². The van der Waals surface area contributed by atoms with Crippen molar-refractivity contribution in [1.82, 2.24) is 19.6 Å². The summed E-state index contributed by atoms with van der Waals surface area (Å²) in [6.45, 7) is 0.209. The van der Waals surface area contributed by atoms with Crippen molar-refractivity contribution >= 4 is 34.1 Å². The van der Waals surface area contributed by atoms with Crippen LogP contribution in [0, 0.1) is 5.82 Å². The van der Waals surface area contributed by atoms with Gasteiger partial charge in [-0.15, -0.1) is 10.2 Å². The number of hydrogen-bond donors (Lipinski definition) is 1. The lowest BCUT2D eigenvalue weighted by atomic mass is 10.0. The molecule has 0 fully saturated rings. The largest absolute Gasteiger partial charge is 0.496 e. The fourth-order valence-electron chi connectivity index (χ4n) is 3.17. The van der Waals surface area contributed by atoms with Crippen molar-refractivity contribution in [2.75, 3.05) is 12.4 Å². The summed E-state index contributed by atoms with van der Waals surface area (Å²) in [6, 6.07) is 9.98. The van der Waals surface area contributed by atoms with E-state index < -0.39 is 4.18 Å². The van der Waals surface area contributed by atoms with Gasteiger partial charge in [0, 0.05) is 41.2 Å². The zero-order valence-electron chi connectivity index (χ0n) is 15.3. The minimum absolute atomic E-state index is 0.209. The molecule has 9 heteroatoms. The molecule has 0 radical (unpaired) electrons. The van der Waals surface area contributed by atoms with Gasteiger partial charge in [0.1, 0.15) is 23.7 Å². The molecule has 0 saturated carbocycles. The Labute approximate surface area is 179 Å². The second-order valence-electron chi connectivity index (χ2n) is 6.19. The number of methoxy groups -OCH3 is 1. The number of nitrogens with one attached hydrogen (secondary N) is 1. The molecule has 0 bridgehead atoms.